The van der Waals surface area contributed by atoms with E-state index in [1.54, 1.807) is 0 Å². The van der Waals surface area contributed by atoms with E-state index in [0.29, 0.717) is 0 Å². The summed E-state index contributed by atoms with van der Waals surface area (Å²) in [6.07, 6.45) is 4.82. The minimum Gasteiger partial charge on any atom is -0.382 e. The van der Waals surface area contributed by atoms with Crippen molar-refractivity contribution in [3.8, 4) is 0 Å². The van der Waals surface area contributed by atoms with Crippen LogP contribution in [0.1, 0.15) is 31.9 Å². The van der Waals surface area contributed by atoms with Crippen LogP contribution in [-0.2, 0) is 4.74 Å². The minimum atomic E-state index is 0.245. The number of rotatable bonds is 8. The lowest BCUT2D eigenvalue weighted by molar-refractivity contribution is 0.147. The third-order valence-corrected chi connectivity index (χ3v) is 3.92. The van der Waals surface area contributed by atoms with Crippen molar-refractivity contribution in [2.75, 3.05) is 25.1 Å². The van der Waals surface area contributed by atoms with Crippen LogP contribution in [0.2, 0.25) is 0 Å². The van der Waals surface area contributed by atoms with Gasteiger partial charge in [0.1, 0.15) is 0 Å². The summed E-state index contributed by atoms with van der Waals surface area (Å²) in [7, 11) is 0. The highest BCUT2D eigenvalue weighted by Gasteiger charge is 2.11. The summed E-state index contributed by atoms with van der Waals surface area (Å²) in [6.45, 7) is 6.61. The van der Waals surface area contributed by atoms with E-state index >= 15 is 0 Å². The van der Waals surface area contributed by atoms with Crippen molar-refractivity contribution in [1.29, 1.82) is 0 Å². The number of ether oxygens (including phenoxy) is 1. The summed E-state index contributed by atoms with van der Waals surface area (Å²) in [4.78, 5) is 4.40. The summed E-state index contributed by atoms with van der Waals surface area (Å²) in [5.74, 6) is 0.905. The van der Waals surface area contributed by atoms with Crippen molar-refractivity contribution in [2.24, 2.45) is 0 Å². The zero-order chi connectivity index (χ0) is 15.1. The number of hydrogen-bond donors (Lipinski definition) is 1. The van der Waals surface area contributed by atoms with Crippen LogP contribution in [0.25, 0.3) is 0 Å². The molecule has 0 amide bonds. The number of benzene rings is 1. The molecule has 0 radical (unpaired) electrons. The molecular weight excluding hydrogens is 330 g/mol. The lowest BCUT2D eigenvalue weighted by atomic mass is 10.1. The van der Waals surface area contributed by atoms with Gasteiger partial charge in [0, 0.05) is 36.6 Å². The zero-order valence-corrected chi connectivity index (χ0v) is 14.1. The van der Waals surface area contributed by atoms with Crippen molar-refractivity contribution < 1.29 is 4.74 Å². The molecule has 0 bridgehead atoms. The summed E-state index contributed by atoms with van der Waals surface area (Å²) >= 11 is 3.47. The third kappa shape index (κ3) is 4.58. The van der Waals surface area contributed by atoms with Crippen LogP contribution in [-0.4, -0.2) is 29.3 Å². The Labute approximate surface area is 134 Å². The number of halogens is 1. The van der Waals surface area contributed by atoms with Gasteiger partial charge >= 0.3 is 0 Å². The van der Waals surface area contributed by atoms with E-state index in [0.717, 1.165) is 36.6 Å². The Morgan fingerprint density at radius 1 is 1.33 bits per heavy atom. The average molecular weight is 352 g/mol. The molecule has 0 saturated heterocycles. The van der Waals surface area contributed by atoms with Crippen LogP contribution in [0.4, 0.5) is 5.95 Å². The molecule has 0 aliphatic carbocycles. The van der Waals surface area contributed by atoms with Gasteiger partial charge in [-0.1, -0.05) is 28.1 Å². The molecule has 0 saturated carbocycles. The summed E-state index contributed by atoms with van der Waals surface area (Å²) in [5, 5.41) is 3.38. The molecule has 1 unspecified atom stereocenters. The average Bonchev–Trinajstić information content (AvgIpc) is 2.95. The van der Waals surface area contributed by atoms with Crippen molar-refractivity contribution in [3.63, 3.8) is 0 Å². The number of hydrogen-bond acceptors (Lipinski definition) is 3. The maximum atomic E-state index is 5.34. The largest absolute Gasteiger partial charge is 0.382 e. The molecule has 2 aromatic rings. The monoisotopic (exact) mass is 351 g/mol. The third-order valence-electron chi connectivity index (χ3n) is 3.39. The van der Waals surface area contributed by atoms with Gasteiger partial charge in [-0.15, -0.1) is 0 Å². The summed E-state index contributed by atoms with van der Waals surface area (Å²) < 4.78 is 8.59. The Morgan fingerprint density at radius 2 is 2.10 bits per heavy atom. The minimum absolute atomic E-state index is 0.245. The molecule has 1 aromatic heterocycles. The quantitative estimate of drug-likeness (QED) is 0.728. The molecule has 0 aliphatic heterocycles. The smallest absolute Gasteiger partial charge is 0.203 e. The molecule has 1 atom stereocenters. The van der Waals surface area contributed by atoms with E-state index in [1.807, 2.05) is 19.3 Å². The van der Waals surface area contributed by atoms with E-state index < -0.39 is 0 Å². The van der Waals surface area contributed by atoms with Gasteiger partial charge in [-0.05, 0) is 38.0 Å². The highest BCUT2D eigenvalue weighted by molar-refractivity contribution is 9.10. The first kappa shape index (κ1) is 16.0. The predicted octanol–water partition coefficient (Wildman–Crippen LogP) is 4.09. The van der Waals surface area contributed by atoms with Crippen LogP contribution in [0, 0.1) is 0 Å². The molecule has 4 nitrogen and oxygen atoms in total. The maximum Gasteiger partial charge on any atom is 0.203 e. The Hall–Kier alpha value is -1.33. The Morgan fingerprint density at radius 3 is 2.81 bits per heavy atom. The van der Waals surface area contributed by atoms with Gasteiger partial charge in [0.15, 0.2) is 0 Å². The van der Waals surface area contributed by atoms with Gasteiger partial charge in [0.05, 0.1) is 6.04 Å². The fourth-order valence-electron chi connectivity index (χ4n) is 2.18. The van der Waals surface area contributed by atoms with E-state index in [4.69, 9.17) is 4.74 Å². The molecule has 0 aliphatic rings. The number of anilines is 1. The van der Waals surface area contributed by atoms with E-state index in [1.165, 1.54) is 5.56 Å². The van der Waals surface area contributed by atoms with E-state index in [-0.39, 0.29) is 6.04 Å². The molecule has 0 spiro atoms. The number of aromatic nitrogens is 2. The van der Waals surface area contributed by atoms with Crippen LogP contribution < -0.4 is 5.32 Å². The fourth-order valence-corrected chi connectivity index (χ4v) is 2.45. The van der Waals surface area contributed by atoms with Crippen LogP contribution in [0.15, 0.2) is 41.1 Å². The Kier molecular flexibility index (Phi) is 6.26. The molecular formula is C16H22BrN3O. The first-order valence-electron chi connectivity index (χ1n) is 7.32. The maximum absolute atomic E-state index is 5.34. The Bertz CT molecular complexity index is 539. The number of imidazole rings is 1. The van der Waals surface area contributed by atoms with Crippen molar-refractivity contribution in [2.45, 2.75) is 26.3 Å². The normalized spacial score (nSPS) is 12.3. The second-order valence-electron chi connectivity index (χ2n) is 4.86. The topological polar surface area (TPSA) is 39.1 Å². The van der Waals surface area contributed by atoms with E-state index in [9.17, 15) is 0 Å². The van der Waals surface area contributed by atoms with Crippen LogP contribution in [0.3, 0.4) is 0 Å². The first-order valence-corrected chi connectivity index (χ1v) is 8.11. The lowest BCUT2D eigenvalue weighted by Crippen LogP contribution is -2.13. The van der Waals surface area contributed by atoms with Crippen molar-refractivity contribution in [1.82, 2.24) is 9.55 Å². The molecule has 1 N–H and O–H groups in total. The standard InChI is InChI=1S/C16H22BrN3O/c1-3-21-12-4-9-18-16-19-10-11-20(16)13(2)14-5-7-15(17)8-6-14/h5-8,10-11,13H,3-4,9,12H2,1-2H3,(H,18,19). The van der Waals surface area contributed by atoms with Gasteiger partial charge in [0.25, 0.3) is 0 Å². The highest BCUT2D eigenvalue weighted by atomic mass is 79.9. The van der Waals surface area contributed by atoms with Crippen LogP contribution in [0.5, 0.6) is 0 Å². The summed E-state index contributed by atoms with van der Waals surface area (Å²) in [6, 6.07) is 8.65. The fraction of sp³-hybridized carbons (Fsp3) is 0.438. The van der Waals surface area contributed by atoms with Gasteiger partial charge in [-0.25, -0.2) is 4.98 Å². The molecule has 5 heteroatoms. The second-order valence-corrected chi connectivity index (χ2v) is 5.78. The lowest BCUT2D eigenvalue weighted by Gasteiger charge is -2.17. The molecule has 1 heterocycles. The first-order chi connectivity index (χ1) is 10.2. The second kappa shape index (κ2) is 8.20. The number of nitrogens with one attached hydrogen (secondary N) is 1. The molecule has 114 valence electrons. The Balaban J connectivity index is 1.97. The van der Waals surface area contributed by atoms with Gasteiger partial charge in [0.2, 0.25) is 5.95 Å². The van der Waals surface area contributed by atoms with Gasteiger partial charge in [-0.2, -0.15) is 0 Å². The predicted molar refractivity (Wildman–Crippen MR) is 89.8 cm³/mol. The summed E-state index contributed by atoms with van der Waals surface area (Å²) in [5.41, 5.74) is 1.26. The van der Waals surface area contributed by atoms with Crippen LogP contribution >= 0.6 is 15.9 Å². The molecule has 1 aromatic carbocycles. The zero-order valence-electron chi connectivity index (χ0n) is 12.6. The SMILES string of the molecule is CCOCCCNc1nccn1C(C)c1ccc(Br)cc1. The van der Waals surface area contributed by atoms with Crippen molar-refractivity contribution >= 4 is 21.9 Å². The number of nitrogens with zero attached hydrogens (tertiary/aromatic N) is 2. The van der Waals surface area contributed by atoms with E-state index in [2.05, 4.69) is 62.0 Å². The molecule has 0 fully saturated rings. The van der Waals surface area contributed by atoms with Gasteiger partial charge < -0.3 is 14.6 Å². The van der Waals surface area contributed by atoms with Crippen molar-refractivity contribution in [3.05, 3.63) is 46.7 Å². The highest BCUT2D eigenvalue weighted by Crippen LogP contribution is 2.23. The van der Waals surface area contributed by atoms with Gasteiger partial charge in [-0.3, -0.25) is 0 Å². The molecule has 21 heavy (non-hydrogen) atoms. The molecule has 2 rings (SSSR count).